The van der Waals surface area contributed by atoms with E-state index >= 15 is 0 Å². The highest BCUT2D eigenvalue weighted by Gasteiger charge is 2.40. The zero-order valence-electron chi connectivity index (χ0n) is 6.95. The third-order valence-corrected chi connectivity index (χ3v) is 2.81. The molecule has 1 aliphatic heterocycles. The Kier molecular flexibility index (Phi) is 1.92. The summed E-state index contributed by atoms with van der Waals surface area (Å²) in [6.07, 6.45) is 3.35. The van der Waals surface area contributed by atoms with Crippen LogP contribution in [0.2, 0.25) is 0 Å². The van der Waals surface area contributed by atoms with E-state index in [0.29, 0.717) is 12.5 Å². The first-order valence-electron chi connectivity index (χ1n) is 4.48. The van der Waals surface area contributed by atoms with Gasteiger partial charge < -0.3 is 15.8 Å². The topological polar surface area (TPSA) is 64.3 Å². The molecule has 1 amide bonds. The van der Waals surface area contributed by atoms with Crippen LogP contribution in [-0.2, 0) is 4.74 Å². The normalized spacial score (nSPS) is 35.6. The highest BCUT2D eigenvalue weighted by atomic mass is 16.6. The second kappa shape index (κ2) is 2.94. The summed E-state index contributed by atoms with van der Waals surface area (Å²) in [5, 5.41) is 2.72. The summed E-state index contributed by atoms with van der Waals surface area (Å²) in [5.74, 6) is 0.553. The van der Waals surface area contributed by atoms with Crippen LogP contribution in [0, 0.1) is 5.92 Å². The molecule has 12 heavy (non-hydrogen) atoms. The minimum absolute atomic E-state index is 0.0382. The number of nitrogens with one attached hydrogen (secondary N) is 1. The van der Waals surface area contributed by atoms with Gasteiger partial charge in [-0.25, -0.2) is 4.79 Å². The Morgan fingerprint density at radius 1 is 1.58 bits per heavy atom. The van der Waals surface area contributed by atoms with E-state index in [9.17, 15) is 4.79 Å². The summed E-state index contributed by atoms with van der Waals surface area (Å²) >= 11 is 0. The quantitative estimate of drug-likeness (QED) is 0.623. The third kappa shape index (κ3) is 1.16. The molecule has 4 nitrogen and oxygen atoms in total. The SMILES string of the molecule is NCC1NC(=O)OC1C1CCC1. The molecule has 2 fully saturated rings. The first kappa shape index (κ1) is 7.86. The van der Waals surface area contributed by atoms with Crippen LogP contribution in [0.1, 0.15) is 19.3 Å². The maximum Gasteiger partial charge on any atom is 0.407 e. The smallest absolute Gasteiger partial charge is 0.407 e. The first-order chi connectivity index (χ1) is 5.81. The molecule has 1 saturated carbocycles. The number of amides is 1. The van der Waals surface area contributed by atoms with Crippen LogP contribution in [0.4, 0.5) is 4.79 Å². The van der Waals surface area contributed by atoms with E-state index in [1.807, 2.05) is 0 Å². The molecular weight excluding hydrogens is 156 g/mol. The van der Waals surface area contributed by atoms with E-state index in [1.54, 1.807) is 0 Å². The van der Waals surface area contributed by atoms with Gasteiger partial charge in [0.1, 0.15) is 6.10 Å². The fraction of sp³-hybridized carbons (Fsp3) is 0.875. The van der Waals surface area contributed by atoms with Gasteiger partial charge in [-0.2, -0.15) is 0 Å². The van der Waals surface area contributed by atoms with Crippen LogP contribution < -0.4 is 11.1 Å². The molecule has 2 atom stereocenters. The maximum absolute atomic E-state index is 10.9. The zero-order chi connectivity index (χ0) is 8.55. The van der Waals surface area contributed by atoms with Crippen molar-refractivity contribution in [3.05, 3.63) is 0 Å². The van der Waals surface area contributed by atoms with Gasteiger partial charge in [-0.05, 0) is 18.8 Å². The molecule has 3 N–H and O–H groups in total. The van der Waals surface area contributed by atoms with Crippen LogP contribution in [0.3, 0.4) is 0 Å². The predicted octanol–water partition coefficient (Wildman–Crippen LogP) is 0.222. The van der Waals surface area contributed by atoms with Crippen LogP contribution in [0.5, 0.6) is 0 Å². The van der Waals surface area contributed by atoms with Crippen molar-refractivity contribution in [2.45, 2.75) is 31.4 Å². The number of carbonyl (C=O) groups excluding carboxylic acids is 1. The number of hydrogen-bond acceptors (Lipinski definition) is 3. The number of alkyl carbamates (subject to hydrolysis) is 1. The minimum Gasteiger partial charge on any atom is -0.444 e. The molecule has 1 aliphatic carbocycles. The highest BCUT2D eigenvalue weighted by Crippen LogP contribution is 2.34. The molecule has 1 saturated heterocycles. The maximum atomic E-state index is 10.9. The first-order valence-corrected chi connectivity index (χ1v) is 4.48. The van der Waals surface area contributed by atoms with Gasteiger partial charge >= 0.3 is 6.09 Å². The van der Waals surface area contributed by atoms with Crippen LogP contribution in [-0.4, -0.2) is 24.8 Å². The predicted molar refractivity (Wildman–Crippen MR) is 43.6 cm³/mol. The van der Waals surface area contributed by atoms with Crippen LogP contribution in [0.25, 0.3) is 0 Å². The van der Waals surface area contributed by atoms with E-state index < -0.39 is 0 Å². The fourth-order valence-corrected chi connectivity index (χ4v) is 1.86. The molecule has 0 aromatic rings. The van der Waals surface area contributed by atoms with E-state index in [4.69, 9.17) is 10.5 Å². The molecule has 2 aliphatic rings. The lowest BCUT2D eigenvalue weighted by Gasteiger charge is -2.31. The van der Waals surface area contributed by atoms with Crippen LogP contribution >= 0.6 is 0 Å². The van der Waals surface area contributed by atoms with Gasteiger partial charge in [0.2, 0.25) is 0 Å². The Morgan fingerprint density at radius 3 is 2.83 bits per heavy atom. The van der Waals surface area contributed by atoms with Crippen molar-refractivity contribution < 1.29 is 9.53 Å². The monoisotopic (exact) mass is 170 g/mol. The standard InChI is InChI=1S/C8H14N2O2/c9-4-6-7(5-2-1-3-5)12-8(11)10-6/h5-7H,1-4,9H2,(H,10,11). The van der Waals surface area contributed by atoms with Crippen molar-refractivity contribution >= 4 is 6.09 Å². The van der Waals surface area contributed by atoms with Crippen molar-refractivity contribution in [3.63, 3.8) is 0 Å². The number of ether oxygens (including phenoxy) is 1. The average molecular weight is 170 g/mol. The Morgan fingerprint density at radius 2 is 2.33 bits per heavy atom. The molecule has 0 aromatic carbocycles. The van der Waals surface area contributed by atoms with Crippen molar-refractivity contribution in [2.75, 3.05) is 6.54 Å². The number of hydrogen-bond donors (Lipinski definition) is 2. The number of rotatable bonds is 2. The summed E-state index contributed by atoms with van der Waals surface area (Å²) in [5.41, 5.74) is 5.51. The summed E-state index contributed by atoms with van der Waals surface area (Å²) < 4.78 is 5.14. The minimum atomic E-state index is -0.303. The van der Waals surface area contributed by atoms with E-state index in [-0.39, 0.29) is 18.2 Å². The van der Waals surface area contributed by atoms with Gasteiger partial charge in [0, 0.05) is 6.54 Å². The second-order valence-electron chi connectivity index (χ2n) is 3.55. The van der Waals surface area contributed by atoms with Gasteiger partial charge in [-0.1, -0.05) is 6.42 Å². The van der Waals surface area contributed by atoms with E-state index in [0.717, 1.165) is 0 Å². The molecule has 1 heterocycles. The average Bonchev–Trinajstić information content (AvgIpc) is 2.27. The third-order valence-electron chi connectivity index (χ3n) is 2.81. The summed E-state index contributed by atoms with van der Waals surface area (Å²) in [6, 6.07) is 0.0443. The summed E-state index contributed by atoms with van der Waals surface area (Å²) in [6.45, 7) is 0.479. The van der Waals surface area contributed by atoms with Gasteiger partial charge in [-0.15, -0.1) is 0 Å². The number of carbonyl (C=O) groups is 1. The van der Waals surface area contributed by atoms with Gasteiger partial charge in [0.25, 0.3) is 0 Å². The summed E-state index contributed by atoms with van der Waals surface area (Å²) in [7, 11) is 0. The second-order valence-corrected chi connectivity index (χ2v) is 3.55. The van der Waals surface area contributed by atoms with E-state index in [2.05, 4.69) is 5.32 Å². The van der Waals surface area contributed by atoms with Gasteiger partial charge in [0.05, 0.1) is 6.04 Å². The lowest BCUT2D eigenvalue weighted by atomic mass is 9.79. The van der Waals surface area contributed by atoms with E-state index in [1.165, 1.54) is 19.3 Å². The molecule has 0 aromatic heterocycles. The molecule has 2 unspecified atom stereocenters. The zero-order valence-corrected chi connectivity index (χ0v) is 6.95. The largest absolute Gasteiger partial charge is 0.444 e. The molecule has 4 heteroatoms. The number of nitrogens with two attached hydrogens (primary N) is 1. The Bertz CT molecular complexity index is 191. The fourth-order valence-electron chi connectivity index (χ4n) is 1.86. The molecule has 0 radical (unpaired) electrons. The lowest BCUT2D eigenvalue weighted by Crippen LogP contribution is -2.43. The molecule has 2 rings (SSSR count). The van der Waals surface area contributed by atoms with Crippen molar-refractivity contribution in [1.29, 1.82) is 0 Å². The Hall–Kier alpha value is -0.770. The van der Waals surface area contributed by atoms with Gasteiger partial charge in [-0.3, -0.25) is 0 Å². The molecule has 0 spiro atoms. The Balaban J connectivity index is 1.98. The molecular formula is C8H14N2O2. The summed E-state index contributed by atoms with van der Waals surface area (Å²) in [4.78, 5) is 10.9. The Labute approximate surface area is 71.4 Å². The van der Waals surface area contributed by atoms with Gasteiger partial charge in [0.15, 0.2) is 0 Å². The van der Waals surface area contributed by atoms with Crippen molar-refractivity contribution in [1.82, 2.24) is 5.32 Å². The number of cyclic esters (lactones) is 1. The van der Waals surface area contributed by atoms with Crippen molar-refractivity contribution in [2.24, 2.45) is 11.7 Å². The van der Waals surface area contributed by atoms with Crippen LogP contribution in [0.15, 0.2) is 0 Å². The highest BCUT2D eigenvalue weighted by molar-refractivity contribution is 5.70. The lowest BCUT2D eigenvalue weighted by molar-refractivity contribution is 0.0574. The van der Waals surface area contributed by atoms with Crippen molar-refractivity contribution in [3.8, 4) is 0 Å². The molecule has 68 valence electrons. The molecule has 0 bridgehead atoms.